The first kappa shape index (κ1) is 21.4. The van der Waals surface area contributed by atoms with Crippen LogP contribution in [0.4, 0.5) is 5.69 Å². The van der Waals surface area contributed by atoms with Gasteiger partial charge in [0.2, 0.25) is 0 Å². The molecule has 2 aromatic carbocycles. The minimum Gasteiger partial charge on any atom is -0.490 e. The van der Waals surface area contributed by atoms with Crippen molar-refractivity contribution in [1.82, 2.24) is 0 Å². The van der Waals surface area contributed by atoms with Gasteiger partial charge in [0.1, 0.15) is 11.9 Å². The van der Waals surface area contributed by atoms with E-state index in [1.165, 1.54) is 0 Å². The molecule has 2 aromatic rings. The lowest BCUT2D eigenvalue weighted by molar-refractivity contribution is 0.230. The molecule has 1 unspecified atom stereocenters. The Morgan fingerprint density at radius 2 is 1.96 bits per heavy atom. The molecule has 8 heteroatoms. The first-order chi connectivity index (χ1) is 12.6. The fourth-order valence-corrected chi connectivity index (χ4v) is 2.63. The zero-order valence-corrected chi connectivity index (χ0v) is 18.1. The molecule has 0 bridgehead atoms. The Balaban J connectivity index is 0.00000261. The Labute approximate surface area is 181 Å². The normalized spacial score (nSPS) is 14.5. The van der Waals surface area contributed by atoms with Gasteiger partial charge in [-0.25, -0.2) is 4.99 Å². The van der Waals surface area contributed by atoms with E-state index >= 15 is 0 Å². The van der Waals surface area contributed by atoms with Crippen LogP contribution in [0, 0.1) is 0 Å². The third-order valence-electron chi connectivity index (χ3n) is 3.70. The van der Waals surface area contributed by atoms with Crippen LogP contribution in [0.5, 0.6) is 17.2 Å². The summed E-state index contributed by atoms with van der Waals surface area (Å²) >= 11 is 6.09. The summed E-state index contributed by atoms with van der Waals surface area (Å²) in [6, 6.07) is 12.9. The maximum absolute atomic E-state index is 6.09. The molecule has 3 N–H and O–H groups in total. The second kappa shape index (κ2) is 10.5. The van der Waals surface area contributed by atoms with E-state index < -0.39 is 0 Å². The molecular formula is C19H23ClIN3O3. The van der Waals surface area contributed by atoms with E-state index in [0.717, 1.165) is 17.9 Å². The summed E-state index contributed by atoms with van der Waals surface area (Å²) in [5.41, 5.74) is 6.76. The van der Waals surface area contributed by atoms with E-state index in [-0.39, 0.29) is 30.1 Å². The monoisotopic (exact) mass is 503 g/mol. The number of benzene rings is 2. The Kier molecular flexibility index (Phi) is 8.30. The fourth-order valence-electron chi connectivity index (χ4n) is 2.45. The highest BCUT2D eigenvalue weighted by Gasteiger charge is 2.11. The van der Waals surface area contributed by atoms with Crippen LogP contribution < -0.4 is 25.3 Å². The van der Waals surface area contributed by atoms with Gasteiger partial charge in [0.15, 0.2) is 17.5 Å². The zero-order valence-electron chi connectivity index (χ0n) is 15.0. The lowest BCUT2D eigenvalue weighted by atomic mass is 10.3. The van der Waals surface area contributed by atoms with Gasteiger partial charge >= 0.3 is 0 Å². The molecule has 0 spiro atoms. The van der Waals surface area contributed by atoms with Crippen molar-refractivity contribution in [1.29, 1.82) is 0 Å². The van der Waals surface area contributed by atoms with Gasteiger partial charge < -0.3 is 25.3 Å². The van der Waals surface area contributed by atoms with E-state index in [1.807, 2.05) is 43.3 Å². The van der Waals surface area contributed by atoms with Gasteiger partial charge in [0.25, 0.3) is 0 Å². The first-order valence-electron chi connectivity index (χ1n) is 8.49. The molecule has 27 heavy (non-hydrogen) atoms. The van der Waals surface area contributed by atoms with Crippen molar-refractivity contribution in [3.8, 4) is 17.2 Å². The van der Waals surface area contributed by atoms with Crippen LogP contribution in [0.25, 0.3) is 0 Å². The number of nitrogens with two attached hydrogens (primary N) is 1. The molecule has 0 radical (unpaired) electrons. The number of nitrogens with one attached hydrogen (secondary N) is 1. The van der Waals surface area contributed by atoms with E-state index in [4.69, 9.17) is 31.5 Å². The number of guanidine groups is 1. The average Bonchev–Trinajstić information content (AvgIpc) is 2.87. The maximum Gasteiger partial charge on any atom is 0.193 e. The molecule has 0 amide bonds. The quantitative estimate of drug-likeness (QED) is 0.361. The number of fused-ring (bicyclic) bond motifs is 1. The smallest absolute Gasteiger partial charge is 0.193 e. The maximum atomic E-state index is 6.09. The number of halogens is 2. The number of anilines is 1. The number of aliphatic imine (C=N–C) groups is 1. The highest BCUT2D eigenvalue weighted by molar-refractivity contribution is 14.0. The average molecular weight is 504 g/mol. The van der Waals surface area contributed by atoms with Gasteiger partial charge in [-0.1, -0.05) is 23.7 Å². The second-order valence-electron chi connectivity index (χ2n) is 5.92. The van der Waals surface area contributed by atoms with Gasteiger partial charge in [-0.3, -0.25) is 0 Å². The van der Waals surface area contributed by atoms with Crippen molar-refractivity contribution in [3.63, 3.8) is 0 Å². The second-order valence-corrected chi connectivity index (χ2v) is 6.33. The van der Waals surface area contributed by atoms with E-state index in [0.29, 0.717) is 42.2 Å². The first-order valence-corrected chi connectivity index (χ1v) is 8.87. The van der Waals surface area contributed by atoms with Crippen LogP contribution in [0.2, 0.25) is 5.02 Å². The summed E-state index contributed by atoms with van der Waals surface area (Å²) in [6.45, 7) is 3.60. The van der Waals surface area contributed by atoms with Crippen molar-refractivity contribution >= 4 is 47.2 Å². The third kappa shape index (κ3) is 6.35. The van der Waals surface area contributed by atoms with E-state index in [9.17, 15) is 0 Å². The van der Waals surface area contributed by atoms with Crippen molar-refractivity contribution in [2.24, 2.45) is 10.7 Å². The van der Waals surface area contributed by atoms with Gasteiger partial charge in [-0.05, 0) is 31.2 Å². The number of ether oxygens (including phenoxy) is 3. The summed E-state index contributed by atoms with van der Waals surface area (Å²) in [4.78, 5) is 4.32. The molecule has 0 saturated carbocycles. The summed E-state index contributed by atoms with van der Waals surface area (Å²) in [5, 5.41) is 3.62. The molecule has 0 aromatic heterocycles. The SMILES string of the molecule is CC(CN=C(N)Nc1ccc2c(c1)OCCCO2)Oc1ccccc1Cl.I. The van der Waals surface area contributed by atoms with Gasteiger partial charge in [0, 0.05) is 18.2 Å². The molecule has 3 rings (SSSR count). The zero-order chi connectivity index (χ0) is 18.4. The van der Waals surface area contributed by atoms with Crippen molar-refractivity contribution in [3.05, 3.63) is 47.5 Å². The molecule has 146 valence electrons. The number of para-hydroxylation sites is 1. The predicted octanol–water partition coefficient (Wildman–Crippen LogP) is 4.31. The summed E-state index contributed by atoms with van der Waals surface area (Å²) in [5.74, 6) is 2.38. The molecule has 1 aliphatic rings. The number of nitrogens with zero attached hydrogens (tertiary/aromatic N) is 1. The highest BCUT2D eigenvalue weighted by Crippen LogP contribution is 2.32. The topological polar surface area (TPSA) is 78.1 Å². The molecule has 1 atom stereocenters. The Hall–Kier alpha value is -1.87. The van der Waals surface area contributed by atoms with Crippen molar-refractivity contribution < 1.29 is 14.2 Å². The predicted molar refractivity (Wildman–Crippen MR) is 119 cm³/mol. The Bertz CT molecular complexity index is 789. The van der Waals surface area contributed by atoms with Gasteiger partial charge in [-0.2, -0.15) is 0 Å². The standard InChI is InChI=1S/C19H22ClN3O3.HI/c1-13(26-16-6-3-2-5-15(16)20)12-22-19(21)23-14-7-8-17-18(11-14)25-10-4-9-24-17;/h2-3,5-8,11,13H,4,9-10,12H2,1H3,(H3,21,22,23);1H. The molecule has 0 aliphatic carbocycles. The number of rotatable bonds is 5. The van der Waals surface area contributed by atoms with Crippen LogP contribution in [-0.4, -0.2) is 31.8 Å². The van der Waals surface area contributed by atoms with Crippen molar-refractivity contribution in [2.45, 2.75) is 19.4 Å². The molecule has 1 aliphatic heterocycles. The highest BCUT2D eigenvalue weighted by atomic mass is 127. The van der Waals surface area contributed by atoms with Crippen LogP contribution >= 0.6 is 35.6 Å². The molecule has 0 saturated heterocycles. The third-order valence-corrected chi connectivity index (χ3v) is 4.02. The Morgan fingerprint density at radius 1 is 1.22 bits per heavy atom. The lowest BCUT2D eigenvalue weighted by Gasteiger charge is -2.14. The summed E-state index contributed by atoms with van der Waals surface area (Å²) < 4.78 is 17.1. The number of hydrogen-bond donors (Lipinski definition) is 2. The van der Waals surface area contributed by atoms with Gasteiger partial charge in [0.05, 0.1) is 24.8 Å². The minimum absolute atomic E-state index is 0. The molecule has 6 nitrogen and oxygen atoms in total. The molecule has 1 heterocycles. The minimum atomic E-state index is -0.168. The Morgan fingerprint density at radius 3 is 2.74 bits per heavy atom. The largest absolute Gasteiger partial charge is 0.490 e. The van der Waals surface area contributed by atoms with Crippen LogP contribution in [0.3, 0.4) is 0 Å². The lowest BCUT2D eigenvalue weighted by Crippen LogP contribution is -2.25. The summed E-state index contributed by atoms with van der Waals surface area (Å²) in [6.07, 6.45) is 0.698. The van der Waals surface area contributed by atoms with Gasteiger partial charge in [-0.15, -0.1) is 24.0 Å². The fraction of sp³-hybridized carbons (Fsp3) is 0.316. The van der Waals surface area contributed by atoms with Crippen molar-refractivity contribution in [2.75, 3.05) is 25.1 Å². The summed E-state index contributed by atoms with van der Waals surface area (Å²) in [7, 11) is 0. The van der Waals surface area contributed by atoms with Crippen LogP contribution in [0.15, 0.2) is 47.5 Å². The van der Waals surface area contributed by atoms with Crippen LogP contribution in [-0.2, 0) is 0 Å². The van der Waals surface area contributed by atoms with E-state index in [2.05, 4.69) is 10.3 Å². The van der Waals surface area contributed by atoms with E-state index in [1.54, 1.807) is 6.07 Å². The number of hydrogen-bond acceptors (Lipinski definition) is 4. The van der Waals surface area contributed by atoms with Crippen LogP contribution in [0.1, 0.15) is 13.3 Å². The molecular weight excluding hydrogens is 481 g/mol. The molecule has 0 fully saturated rings.